The van der Waals surface area contributed by atoms with Gasteiger partial charge in [0.05, 0.1) is 6.54 Å². The van der Waals surface area contributed by atoms with Gasteiger partial charge in [-0.25, -0.2) is 0 Å². The second kappa shape index (κ2) is 12.2. The lowest BCUT2D eigenvalue weighted by Gasteiger charge is -2.11. The molecule has 0 aromatic rings. The molecule has 0 radical (unpaired) electrons. The van der Waals surface area contributed by atoms with Crippen molar-refractivity contribution in [3.8, 4) is 0 Å². The molecule has 0 saturated carbocycles. The lowest BCUT2D eigenvalue weighted by atomic mass is 10.2. The summed E-state index contributed by atoms with van der Waals surface area (Å²) in [6.45, 7) is 5.48. The Bertz CT molecular complexity index is 188. The number of carbonyl (C=O) groups is 1. The highest BCUT2D eigenvalue weighted by molar-refractivity contribution is 7.98. The Morgan fingerprint density at radius 2 is 1.94 bits per heavy atom. The predicted molar refractivity (Wildman–Crippen MR) is 77.6 cm³/mol. The Morgan fingerprint density at radius 3 is 2.59 bits per heavy atom. The number of hydrogen-bond donors (Lipinski definition) is 2. The zero-order valence-corrected chi connectivity index (χ0v) is 12.4. The molecule has 0 aliphatic heterocycles. The van der Waals surface area contributed by atoms with Crippen molar-refractivity contribution in [2.45, 2.75) is 52.0 Å². The molecule has 0 saturated heterocycles. The number of unbranched alkanes of at least 4 members (excludes halogenated alkanes) is 3. The van der Waals surface area contributed by atoms with E-state index in [4.69, 9.17) is 0 Å². The number of rotatable bonds is 11. The molecule has 4 heteroatoms. The lowest BCUT2D eigenvalue weighted by Crippen LogP contribution is -2.38. The van der Waals surface area contributed by atoms with Crippen LogP contribution in [0.25, 0.3) is 0 Å². The van der Waals surface area contributed by atoms with E-state index >= 15 is 0 Å². The van der Waals surface area contributed by atoms with Gasteiger partial charge in [0.15, 0.2) is 0 Å². The van der Waals surface area contributed by atoms with Crippen LogP contribution in [-0.2, 0) is 4.79 Å². The van der Waals surface area contributed by atoms with Crippen molar-refractivity contribution in [2.24, 2.45) is 0 Å². The maximum atomic E-state index is 11.4. The monoisotopic (exact) mass is 260 g/mol. The summed E-state index contributed by atoms with van der Waals surface area (Å²) in [4.78, 5) is 11.4. The van der Waals surface area contributed by atoms with Crippen LogP contribution in [-0.4, -0.2) is 37.0 Å². The number of hydrogen-bond acceptors (Lipinski definition) is 3. The summed E-state index contributed by atoms with van der Waals surface area (Å²) in [5.41, 5.74) is 0. The van der Waals surface area contributed by atoms with E-state index in [1.54, 1.807) is 0 Å². The third-order valence-corrected chi connectivity index (χ3v) is 3.52. The van der Waals surface area contributed by atoms with Gasteiger partial charge in [-0.2, -0.15) is 11.8 Å². The molecule has 0 aliphatic rings. The van der Waals surface area contributed by atoms with Crippen molar-refractivity contribution in [3.05, 3.63) is 0 Å². The molecule has 1 unspecified atom stereocenters. The summed E-state index contributed by atoms with van der Waals surface area (Å²) in [6.07, 6.45) is 8.10. The predicted octanol–water partition coefficient (Wildman–Crippen LogP) is 2.41. The van der Waals surface area contributed by atoms with Gasteiger partial charge in [0.1, 0.15) is 0 Å². The highest BCUT2D eigenvalue weighted by Gasteiger charge is 2.02. The van der Waals surface area contributed by atoms with Crippen LogP contribution in [0.15, 0.2) is 0 Å². The van der Waals surface area contributed by atoms with E-state index in [1.807, 2.05) is 11.8 Å². The Balaban J connectivity index is 3.22. The molecule has 0 aromatic carbocycles. The first-order chi connectivity index (χ1) is 8.20. The van der Waals surface area contributed by atoms with E-state index in [-0.39, 0.29) is 5.91 Å². The second-order valence-corrected chi connectivity index (χ2v) is 5.43. The topological polar surface area (TPSA) is 41.1 Å². The van der Waals surface area contributed by atoms with E-state index in [0.29, 0.717) is 12.6 Å². The fourth-order valence-corrected chi connectivity index (χ4v) is 1.92. The summed E-state index contributed by atoms with van der Waals surface area (Å²) in [7, 11) is 0. The molecule has 0 aromatic heterocycles. The Labute approximate surface area is 111 Å². The molecular weight excluding hydrogens is 232 g/mol. The van der Waals surface area contributed by atoms with Gasteiger partial charge >= 0.3 is 0 Å². The first-order valence-corrected chi connectivity index (χ1v) is 8.09. The maximum absolute atomic E-state index is 11.4. The molecule has 1 atom stereocenters. The number of amides is 1. The Kier molecular flexibility index (Phi) is 12.1. The van der Waals surface area contributed by atoms with E-state index in [0.717, 1.165) is 19.4 Å². The first kappa shape index (κ1) is 16.8. The SMILES string of the molecule is CCC(C)NCC(=O)NCCCCCCSC. The standard InChI is InChI=1S/C13H28N2OS/c1-4-12(2)15-11-13(16)14-9-7-5-6-8-10-17-3/h12,15H,4-11H2,1-3H3,(H,14,16). The number of nitrogens with one attached hydrogen (secondary N) is 2. The second-order valence-electron chi connectivity index (χ2n) is 4.45. The van der Waals surface area contributed by atoms with Crippen LogP contribution < -0.4 is 10.6 Å². The minimum absolute atomic E-state index is 0.120. The van der Waals surface area contributed by atoms with Crippen molar-refractivity contribution in [2.75, 3.05) is 25.1 Å². The van der Waals surface area contributed by atoms with Crippen LogP contribution in [0, 0.1) is 0 Å². The van der Waals surface area contributed by atoms with Gasteiger partial charge in [-0.15, -0.1) is 0 Å². The van der Waals surface area contributed by atoms with Crippen LogP contribution in [0.2, 0.25) is 0 Å². The lowest BCUT2D eigenvalue weighted by molar-refractivity contribution is -0.120. The van der Waals surface area contributed by atoms with Crippen molar-refractivity contribution < 1.29 is 4.79 Å². The van der Waals surface area contributed by atoms with Crippen molar-refractivity contribution in [3.63, 3.8) is 0 Å². The maximum Gasteiger partial charge on any atom is 0.233 e. The minimum atomic E-state index is 0.120. The Morgan fingerprint density at radius 1 is 1.24 bits per heavy atom. The van der Waals surface area contributed by atoms with Crippen LogP contribution >= 0.6 is 11.8 Å². The van der Waals surface area contributed by atoms with Crippen LogP contribution in [0.4, 0.5) is 0 Å². The smallest absolute Gasteiger partial charge is 0.233 e. The van der Waals surface area contributed by atoms with Crippen molar-refractivity contribution in [1.82, 2.24) is 10.6 Å². The molecule has 1 amide bonds. The summed E-state index contributed by atoms with van der Waals surface area (Å²) in [6, 6.07) is 0.423. The molecule has 2 N–H and O–H groups in total. The summed E-state index contributed by atoms with van der Waals surface area (Å²) < 4.78 is 0. The van der Waals surface area contributed by atoms with Gasteiger partial charge in [0.2, 0.25) is 5.91 Å². The van der Waals surface area contributed by atoms with Gasteiger partial charge in [0.25, 0.3) is 0 Å². The quantitative estimate of drug-likeness (QED) is 0.561. The molecular formula is C13H28N2OS. The molecule has 0 fully saturated rings. The average molecular weight is 260 g/mol. The molecule has 3 nitrogen and oxygen atoms in total. The summed E-state index contributed by atoms with van der Waals surface area (Å²) in [5.74, 6) is 1.37. The molecule has 0 heterocycles. The molecule has 0 rings (SSSR count). The fourth-order valence-electron chi connectivity index (χ4n) is 1.43. The van der Waals surface area contributed by atoms with Crippen molar-refractivity contribution >= 4 is 17.7 Å². The van der Waals surface area contributed by atoms with E-state index in [2.05, 4.69) is 30.7 Å². The van der Waals surface area contributed by atoms with E-state index in [1.165, 1.54) is 25.0 Å². The average Bonchev–Trinajstić information content (AvgIpc) is 2.34. The normalized spacial score (nSPS) is 12.4. The van der Waals surface area contributed by atoms with Gasteiger partial charge in [-0.3, -0.25) is 4.79 Å². The summed E-state index contributed by atoms with van der Waals surface area (Å²) >= 11 is 1.90. The zero-order valence-electron chi connectivity index (χ0n) is 11.6. The zero-order chi connectivity index (χ0) is 12.9. The minimum Gasteiger partial charge on any atom is -0.355 e. The molecule has 0 bridgehead atoms. The largest absolute Gasteiger partial charge is 0.355 e. The fraction of sp³-hybridized carbons (Fsp3) is 0.923. The van der Waals surface area contributed by atoms with E-state index in [9.17, 15) is 4.79 Å². The highest BCUT2D eigenvalue weighted by Crippen LogP contribution is 2.03. The number of carbonyl (C=O) groups excluding carboxylic acids is 1. The van der Waals surface area contributed by atoms with Crippen molar-refractivity contribution in [1.29, 1.82) is 0 Å². The van der Waals surface area contributed by atoms with Gasteiger partial charge < -0.3 is 10.6 Å². The van der Waals surface area contributed by atoms with Gasteiger partial charge in [-0.1, -0.05) is 19.8 Å². The van der Waals surface area contributed by atoms with Gasteiger partial charge in [-0.05, 0) is 38.2 Å². The molecule has 0 aliphatic carbocycles. The molecule has 0 spiro atoms. The summed E-state index contributed by atoms with van der Waals surface area (Å²) in [5, 5.41) is 6.13. The Hall–Kier alpha value is -0.220. The molecule has 17 heavy (non-hydrogen) atoms. The third kappa shape index (κ3) is 12.0. The van der Waals surface area contributed by atoms with Crippen LogP contribution in [0.5, 0.6) is 0 Å². The van der Waals surface area contributed by atoms with E-state index < -0.39 is 0 Å². The first-order valence-electron chi connectivity index (χ1n) is 6.69. The number of thioether (sulfide) groups is 1. The van der Waals surface area contributed by atoms with Crippen LogP contribution in [0.1, 0.15) is 46.0 Å². The third-order valence-electron chi connectivity index (χ3n) is 2.82. The molecule has 102 valence electrons. The highest BCUT2D eigenvalue weighted by atomic mass is 32.2. The van der Waals surface area contributed by atoms with Gasteiger partial charge in [0, 0.05) is 12.6 Å². The van der Waals surface area contributed by atoms with Crippen LogP contribution in [0.3, 0.4) is 0 Å².